The van der Waals surface area contributed by atoms with Crippen molar-refractivity contribution in [2.45, 2.75) is 45.6 Å². The summed E-state index contributed by atoms with van der Waals surface area (Å²) in [4.78, 5) is 9.75. The lowest BCUT2D eigenvalue weighted by Gasteiger charge is -2.34. The molecule has 96 valence electrons. The summed E-state index contributed by atoms with van der Waals surface area (Å²) >= 11 is 1.67. The zero-order valence-corrected chi connectivity index (χ0v) is 11.8. The Labute approximate surface area is 112 Å². The van der Waals surface area contributed by atoms with Crippen molar-refractivity contribution in [1.82, 2.24) is 9.97 Å². The fraction of sp³-hybridized carbons (Fsp3) is 0.571. The van der Waals surface area contributed by atoms with Gasteiger partial charge in [0, 0.05) is 6.04 Å². The molecule has 1 aliphatic carbocycles. The lowest BCUT2D eigenvalue weighted by Crippen LogP contribution is -2.30. The smallest absolute Gasteiger partial charge is 0.138 e. The van der Waals surface area contributed by atoms with E-state index in [-0.39, 0.29) is 0 Å². The molecular weight excluding hydrogens is 242 g/mol. The molecule has 2 heterocycles. The molecule has 0 aliphatic heterocycles. The van der Waals surface area contributed by atoms with E-state index >= 15 is 0 Å². The van der Waals surface area contributed by atoms with Gasteiger partial charge in [0.25, 0.3) is 0 Å². The summed E-state index contributed by atoms with van der Waals surface area (Å²) in [5, 5.41) is 6.84. The number of hydrogen-bond donors (Lipinski definition) is 1. The van der Waals surface area contributed by atoms with Gasteiger partial charge in [0.1, 0.15) is 17.0 Å². The molecule has 3 rings (SSSR count). The highest BCUT2D eigenvalue weighted by Gasteiger charge is 2.27. The molecule has 2 aromatic heterocycles. The first kappa shape index (κ1) is 11.9. The summed E-state index contributed by atoms with van der Waals surface area (Å²) in [7, 11) is 0. The second kappa shape index (κ2) is 4.50. The van der Waals surface area contributed by atoms with E-state index in [0.717, 1.165) is 16.0 Å². The molecule has 0 saturated heterocycles. The van der Waals surface area contributed by atoms with E-state index in [4.69, 9.17) is 0 Å². The van der Waals surface area contributed by atoms with Crippen LogP contribution >= 0.6 is 11.3 Å². The highest BCUT2D eigenvalue weighted by atomic mass is 32.1. The Balaban J connectivity index is 1.75. The molecule has 18 heavy (non-hydrogen) atoms. The van der Waals surface area contributed by atoms with E-state index in [0.29, 0.717) is 11.5 Å². The second-order valence-corrected chi connectivity index (χ2v) is 6.84. The van der Waals surface area contributed by atoms with Gasteiger partial charge in [0.2, 0.25) is 0 Å². The van der Waals surface area contributed by atoms with Crippen molar-refractivity contribution in [2.75, 3.05) is 5.32 Å². The maximum Gasteiger partial charge on any atom is 0.138 e. The monoisotopic (exact) mass is 261 g/mol. The van der Waals surface area contributed by atoms with Gasteiger partial charge in [-0.1, -0.05) is 13.8 Å². The van der Waals surface area contributed by atoms with Crippen LogP contribution in [0.5, 0.6) is 0 Å². The Bertz CT molecular complexity index is 537. The van der Waals surface area contributed by atoms with E-state index in [2.05, 4.69) is 40.6 Å². The van der Waals surface area contributed by atoms with Crippen molar-refractivity contribution in [3.05, 3.63) is 17.8 Å². The minimum Gasteiger partial charge on any atom is -0.367 e. The van der Waals surface area contributed by atoms with E-state index in [1.807, 2.05) is 0 Å². The standard InChI is InChI=1S/C14H19N3S/c1-14(2)6-3-10(4-7-14)17-12-11-5-8-18-13(11)16-9-15-12/h5,8-10H,3-4,6-7H2,1-2H3,(H,15,16,17). The van der Waals surface area contributed by atoms with E-state index in [1.165, 1.54) is 25.7 Å². The van der Waals surface area contributed by atoms with Crippen LogP contribution in [0.15, 0.2) is 17.8 Å². The number of thiophene rings is 1. The average Bonchev–Trinajstić information content (AvgIpc) is 2.81. The molecule has 2 aromatic rings. The molecule has 0 amide bonds. The molecule has 0 unspecified atom stereocenters. The largest absolute Gasteiger partial charge is 0.367 e. The van der Waals surface area contributed by atoms with Crippen LogP contribution in [0.25, 0.3) is 10.2 Å². The third kappa shape index (κ3) is 2.34. The van der Waals surface area contributed by atoms with Crippen LogP contribution in [0.3, 0.4) is 0 Å². The highest BCUT2D eigenvalue weighted by Crippen LogP contribution is 2.36. The minimum atomic E-state index is 0.515. The van der Waals surface area contributed by atoms with Crippen LogP contribution in [0.2, 0.25) is 0 Å². The Kier molecular flexibility index (Phi) is 2.98. The fourth-order valence-electron chi connectivity index (χ4n) is 2.64. The van der Waals surface area contributed by atoms with Gasteiger partial charge in [-0.25, -0.2) is 9.97 Å². The molecule has 0 spiro atoms. The minimum absolute atomic E-state index is 0.515. The molecule has 1 N–H and O–H groups in total. The SMILES string of the molecule is CC1(C)CCC(Nc2ncnc3sccc23)CC1. The maximum absolute atomic E-state index is 4.39. The molecule has 1 aliphatic rings. The maximum atomic E-state index is 4.39. The summed E-state index contributed by atoms with van der Waals surface area (Å²) in [6, 6.07) is 2.67. The molecule has 1 fully saturated rings. The molecule has 1 saturated carbocycles. The zero-order valence-electron chi connectivity index (χ0n) is 10.9. The van der Waals surface area contributed by atoms with Crippen LogP contribution in [0.1, 0.15) is 39.5 Å². The van der Waals surface area contributed by atoms with Gasteiger partial charge in [-0.05, 0) is 42.5 Å². The van der Waals surface area contributed by atoms with Gasteiger partial charge in [-0.2, -0.15) is 0 Å². The van der Waals surface area contributed by atoms with Gasteiger partial charge in [0.15, 0.2) is 0 Å². The van der Waals surface area contributed by atoms with Crippen LogP contribution in [-0.4, -0.2) is 16.0 Å². The fourth-order valence-corrected chi connectivity index (χ4v) is 3.37. The lowest BCUT2D eigenvalue weighted by atomic mass is 9.75. The van der Waals surface area contributed by atoms with Gasteiger partial charge in [-0.15, -0.1) is 11.3 Å². The first-order valence-electron chi connectivity index (χ1n) is 6.59. The van der Waals surface area contributed by atoms with Gasteiger partial charge < -0.3 is 5.32 Å². The highest BCUT2D eigenvalue weighted by molar-refractivity contribution is 7.16. The molecule has 0 radical (unpaired) electrons. The normalized spacial score (nSPS) is 20.1. The lowest BCUT2D eigenvalue weighted by molar-refractivity contribution is 0.232. The first-order valence-corrected chi connectivity index (χ1v) is 7.47. The summed E-state index contributed by atoms with van der Waals surface area (Å²) < 4.78 is 0. The van der Waals surface area contributed by atoms with E-state index in [9.17, 15) is 0 Å². The van der Waals surface area contributed by atoms with Crippen molar-refractivity contribution >= 4 is 27.4 Å². The van der Waals surface area contributed by atoms with Crippen molar-refractivity contribution in [2.24, 2.45) is 5.41 Å². The Morgan fingerprint density at radius 2 is 2.06 bits per heavy atom. The number of hydrogen-bond acceptors (Lipinski definition) is 4. The zero-order chi connectivity index (χ0) is 12.6. The van der Waals surface area contributed by atoms with Crippen molar-refractivity contribution < 1.29 is 0 Å². The number of rotatable bonds is 2. The van der Waals surface area contributed by atoms with Crippen molar-refractivity contribution in [3.8, 4) is 0 Å². The summed E-state index contributed by atoms with van der Waals surface area (Å²) in [5.74, 6) is 1.01. The van der Waals surface area contributed by atoms with E-state index < -0.39 is 0 Å². The third-order valence-electron chi connectivity index (χ3n) is 3.94. The molecule has 0 bridgehead atoms. The number of nitrogens with zero attached hydrogens (tertiary/aromatic N) is 2. The molecular formula is C14H19N3S. The topological polar surface area (TPSA) is 37.8 Å². The number of anilines is 1. The number of nitrogens with one attached hydrogen (secondary N) is 1. The molecule has 4 heteroatoms. The Hall–Kier alpha value is -1.16. The van der Waals surface area contributed by atoms with Gasteiger partial charge in [0.05, 0.1) is 5.39 Å². The average molecular weight is 261 g/mol. The quantitative estimate of drug-likeness (QED) is 0.885. The Morgan fingerprint density at radius 1 is 1.28 bits per heavy atom. The van der Waals surface area contributed by atoms with Crippen molar-refractivity contribution in [3.63, 3.8) is 0 Å². The Morgan fingerprint density at radius 3 is 2.83 bits per heavy atom. The summed E-state index contributed by atoms with van der Waals surface area (Å²) in [5.41, 5.74) is 0.515. The number of aromatic nitrogens is 2. The third-order valence-corrected chi connectivity index (χ3v) is 4.76. The first-order chi connectivity index (χ1) is 8.64. The summed E-state index contributed by atoms with van der Waals surface area (Å²) in [6.07, 6.45) is 6.73. The van der Waals surface area contributed by atoms with E-state index in [1.54, 1.807) is 17.7 Å². The van der Waals surface area contributed by atoms with Crippen LogP contribution < -0.4 is 5.32 Å². The van der Waals surface area contributed by atoms with Crippen molar-refractivity contribution in [1.29, 1.82) is 0 Å². The molecule has 3 nitrogen and oxygen atoms in total. The van der Waals surface area contributed by atoms with Gasteiger partial charge in [-0.3, -0.25) is 0 Å². The predicted octanol–water partition coefficient (Wildman–Crippen LogP) is 4.07. The summed E-state index contributed by atoms with van der Waals surface area (Å²) in [6.45, 7) is 4.73. The predicted molar refractivity (Wildman–Crippen MR) is 77.1 cm³/mol. The number of fused-ring (bicyclic) bond motifs is 1. The van der Waals surface area contributed by atoms with Crippen LogP contribution in [0.4, 0.5) is 5.82 Å². The van der Waals surface area contributed by atoms with Gasteiger partial charge >= 0.3 is 0 Å². The molecule has 0 atom stereocenters. The van der Waals surface area contributed by atoms with Crippen LogP contribution in [-0.2, 0) is 0 Å². The molecule has 0 aromatic carbocycles. The second-order valence-electron chi connectivity index (χ2n) is 5.94. The van der Waals surface area contributed by atoms with Crippen LogP contribution in [0, 0.1) is 5.41 Å².